The first-order chi connectivity index (χ1) is 12.9. The van der Waals surface area contributed by atoms with Gasteiger partial charge in [0.05, 0.1) is 29.2 Å². The molecule has 0 spiro atoms. The van der Waals surface area contributed by atoms with Gasteiger partial charge in [0.25, 0.3) is 0 Å². The second kappa shape index (κ2) is 6.71. The molecule has 1 fully saturated rings. The van der Waals surface area contributed by atoms with Crippen LogP contribution >= 0.6 is 0 Å². The van der Waals surface area contributed by atoms with Gasteiger partial charge in [-0.3, -0.25) is 0 Å². The molecule has 1 aliphatic rings. The number of fused-ring (bicyclic) bond motifs is 1. The van der Waals surface area contributed by atoms with Crippen LogP contribution in [0.15, 0.2) is 35.6 Å². The highest BCUT2D eigenvalue weighted by atomic mass is 32.2. The number of nitrogens with two attached hydrogens (primary N) is 1. The van der Waals surface area contributed by atoms with Crippen LogP contribution in [0.25, 0.3) is 22.3 Å². The Morgan fingerprint density at radius 1 is 1.15 bits per heavy atom. The summed E-state index contributed by atoms with van der Waals surface area (Å²) in [6.45, 7) is 2.92. The highest BCUT2D eigenvalue weighted by molar-refractivity contribution is 7.91. The summed E-state index contributed by atoms with van der Waals surface area (Å²) in [6.07, 6.45) is 4.06. The van der Waals surface area contributed by atoms with Crippen LogP contribution in [0, 0.1) is 0 Å². The molecule has 0 atom stereocenters. The maximum atomic E-state index is 12.3. The van der Waals surface area contributed by atoms with Gasteiger partial charge in [0.15, 0.2) is 15.5 Å². The lowest BCUT2D eigenvalue weighted by atomic mass is 10.1. The minimum Gasteiger partial charge on any atom is -0.383 e. The first-order valence-electron chi connectivity index (χ1n) is 8.34. The predicted molar refractivity (Wildman–Crippen MR) is 101 cm³/mol. The Kier molecular flexibility index (Phi) is 4.36. The molecule has 1 aliphatic heterocycles. The number of aromatic nitrogens is 4. The van der Waals surface area contributed by atoms with Crippen molar-refractivity contribution in [1.29, 1.82) is 0 Å². The first kappa shape index (κ1) is 17.6. The van der Waals surface area contributed by atoms with Gasteiger partial charge in [0.1, 0.15) is 18.0 Å². The molecule has 1 saturated heterocycles. The number of ether oxygens (including phenoxy) is 1. The molecule has 4 heterocycles. The molecule has 2 N–H and O–H groups in total. The van der Waals surface area contributed by atoms with Crippen molar-refractivity contribution in [2.24, 2.45) is 0 Å². The number of hydrogen-bond donors (Lipinski definition) is 1. The quantitative estimate of drug-likeness (QED) is 0.699. The summed E-state index contributed by atoms with van der Waals surface area (Å²) in [5, 5.41) is 0.238. The van der Waals surface area contributed by atoms with E-state index >= 15 is 0 Å². The van der Waals surface area contributed by atoms with E-state index in [4.69, 9.17) is 10.5 Å². The van der Waals surface area contributed by atoms with Crippen LogP contribution in [0.1, 0.15) is 0 Å². The Hall–Kier alpha value is -2.85. The number of sulfone groups is 1. The van der Waals surface area contributed by atoms with Crippen LogP contribution in [0.5, 0.6) is 0 Å². The van der Waals surface area contributed by atoms with Gasteiger partial charge < -0.3 is 15.4 Å². The Morgan fingerprint density at radius 2 is 1.93 bits per heavy atom. The van der Waals surface area contributed by atoms with E-state index in [1.807, 2.05) is 12.1 Å². The van der Waals surface area contributed by atoms with E-state index in [1.54, 1.807) is 6.20 Å². The summed E-state index contributed by atoms with van der Waals surface area (Å²) in [6, 6.07) is 5.24. The van der Waals surface area contributed by atoms with E-state index in [0.29, 0.717) is 24.5 Å². The van der Waals surface area contributed by atoms with Crippen molar-refractivity contribution in [2.45, 2.75) is 4.90 Å². The van der Waals surface area contributed by atoms with Crippen molar-refractivity contribution in [3.8, 4) is 11.3 Å². The Balaban J connectivity index is 1.80. The Morgan fingerprint density at radius 3 is 2.59 bits per heavy atom. The topological polar surface area (TPSA) is 124 Å². The van der Waals surface area contributed by atoms with Crippen molar-refractivity contribution in [1.82, 2.24) is 19.9 Å². The number of morpholine rings is 1. The molecule has 0 unspecified atom stereocenters. The highest BCUT2D eigenvalue weighted by Gasteiger charge is 2.19. The second-order valence-corrected chi connectivity index (χ2v) is 8.22. The van der Waals surface area contributed by atoms with Crippen LogP contribution in [-0.2, 0) is 14.6 Å². The summed E-state index contributed by atoms with van der Waals surface area (Å²) in [4.78, 5) is 19.1. The maximum absolute atomic E-state index is 12.3. The highest BCUT2D eigenvalue weighted by Crippen LogP contribution is 2.29. The number of rotatable bonds is 3. The fraction of sp³-hybridized carbons (Fsp3) is 0.294. The van der Waals surface area contributed by atoms with Crippen molar-refractivity contribution in [3.05, 3.63) is 30.7 Å². The van der Waals surface area contributed by atoms with Crippen molar-refractivity contribution >= 4 is 32.5 Å². The molecule has 0 amide bonds. The third-order valence-corrected chi connectivity index (χ3v) is 5.50. The van der Waals surface area contributed by atoms with Crippen molar-refractivity contribution in [2.75, 3.05) is 43.2 Å². The van der Waals surface area contributed by atoms with Crippen LogP contribution < -0.4 is 10.6 Å². The number of anilines is 2. The summed E-state index contributed by atoms with van der Waals surface area (Å²) < 4.78 is 29.9. The third-order valence-electron chi connectivity index (χ3n) is 4.38. The summed E-state index contributed by atoms with van der Waals surface area (Å²) in [5.41, 5.74) is 7.25. The van der Waals surface area contributed by atoms with Gasteiger partial charge in [-0.05, 0) is 18.2 Å². The molecule has 0 bridgehead atoms. The minimum absolute atomic E-state index is 0.0536. The van der Waals surface area contributed by atoms with Crippen LogP contribution in [0.3, 0.4) is 0 Å². The van der Waals surface area contributed by atoms with Gasteiger partial charge >= 0.3 is 0 Å². The molecule has 0 saturated carbocycles. The van der Waals surface area contributed by atoms with Gasteiger partial charge in [0, 0.05) is 31.1 Å². The van der Waals surface area contributed by atoms with Gasteiger partial charge in [-0.15, -0.1) is 0 Å². The summed E-state index contributed by atoms with van der Waals surface area (Å²) in [7, 11) is -3.55. The smallest absolute Gasteiger partial charge is 0.176 e. The van der Waals surface area contributed by atoms with Gasteiger partial charge in [0.2, 0.25) is 0 Å². The SMILES string of the molecule is CS(=O)(=O)c1cc(-c2ccc(N3CCOCC3)nc2)nc2ncnc(N)c12. The van der Waals surface area contributed by atoms with Crippen LogP contribution in [0.2, 0.25) is 0 Å². The Labute approximate surface area is 156 Å². The average molecular weight is 386 g/mol. The molecule has 3 aromatic rings. The summed E-state index contributed by atoms with van der Waals surface area (Å²) >= 11 is 0. The molecule has 140 valence electrons. The second-order valence-electron chi connectivity index (χ2n) is 6.24. The molecule has 4 rings (SSSR count). The molecule has 27 heavy (non-hydrogen) atoms. The maximum Gasteiger partial charge on any atom is 0.176 e. The van der Waals surface area contributed by atoms with Gasteiger partial charge in [-0.1, -0.05) is 0 Å². The van der Waals surface area contributed by atoms with E-state index in [0.717, 1.165) is 25.2 Å². The first-order valence-corrected chi connectivity index (χ1v) is 10.2. The fourth-order valence-electron chi connectivity index (χ4n) is 3.01. The van der Waals surface area contributed by atoms with Gasteiger partial charge in [-0.2, -0.15) is 0 Å². The normalized spacial score (nSPS) is 15.2. The van der Waals surface area contributed by atoms with Crippen molar-refractivity contribution in [3.63, 3.8) is 0 Å². The zero-order valence-corrected chi connectivity index (χ0v) is 15.5. The molecule has 0 aromatic carbocycles. The number of pyridine rings is 2. The molecule has 9 nitrogen and oxygen atoms in total. The van der Waals surface area contributed by atoms with E-state index in [9.17, 15) is 8.42 Å². The zero-order valence-electron chi connectivity index (χ0n) is 14.7. The third kappa shape index (κ3) is 3.40. The fourth-order valence-corrected chi connectivity index (χ4v) is 3.90. The van der Waals surface area contributed by atoms with Crippen molar-refractivity contribution < 1.29 is 13.2 Å². The molecular weight excluding hydrogens is 368 g/mol. The molecule has 10 heteroatoms. The summed E-state index contributed by atoms with van der Waals surface area (Å²) in [5.74, 6) is 0.929. The van der Waals surface area contributed by atoms with E-state index in [2.05, 4.69) is 24.8 Å². The van der Waals surface area contributed by atoms with E-state index in [1.165, 1.54) is 12.4 Å². The molecular formula is C17H18N6O3S. The zero-order chi connectivity index (χ0) is 19.0. The van der Waals surface area contributed by atoms with Gasteiger partial charge in [-0.25, -0.2) is 28.4 Å². The van der Waals surface area contributed by atoms with Crippen LogP contribution in [0.4, 0.5) is 11.6 Å². The monoisotopic (exact) mass is 386 g/mol. The minimum atomic E-state index is -3.55. The molecule has 3 aromatic heterocycles. The predicted octanol–water partition coefficient (Wildman–Crippen LogP) is 0.909. The standard InChI is InChI=1S/C17H18N6O3S/c1-27(24,25)13-8-12(22-17-15(13)16(18)20-10-21-17)11-2-3-14(19-9-11)23-4-6-26-7-5-23/h2-3,8-10H,4-7H2,1H3,(H2,18,20,21,22). The number of hydrogen-bond acceptors (Lipinski definition) is 9. The average Bonchev–Trinajstić information content (AvgIpc) is 2.67. The van der Waals surface area contributed by atoms with E-state index in [-0.39, 0.29) is 21.7 Å². The lowest BCUT2D eigenvalue weighted by Gasteiger charge is -2.27. The Bertz CT molecular complexity index is 1100. The largest absolute Gasteiger partial charge is 0.383 e. The molecule has 0 radical (unpaired) electrons. The lowest BCUT2D eigenvalue weighted by molar-refractivity contribution is 0.122. The van der Waals surface area contributed by atoms with E-state index < -0.39 is 9.84 Å². The number of nitrogen functional groups attached to an aromatic ring is 1. The number of nitrogens with zero attached hydrogens (tertiary/aromatic N) is 5. The lowest BCUT2D eigenvalue weighted by Crippen LogP contribution is -2.36. The molecule has 0 aliphatic carbocycles. The van der Waals surface area contributed by atoms with Crippen LogP contribution in [-0.4, -0.2) is 60.9 Å².